The zero-order chi connectivity index (χ0) is 15.3. The molecule has 0 bridgehead atoms. The minimum Gasteiger partial charge on any atom is -0.493 e. The number of rotatable bonds is 12. The molecule has 0 radical (unpaired) electrons. The summed E-state index contributed by atoms with van der Waals surface area (Å²) < 4.78 is 26.7. The summed E-state index contributed by atoms with van der Waals surface area (Å²) in [4.78, 5) is 0. The molecule has 0 aliphatic carbocycles. The fourth-order valence-electron chi connectivity index (χ4n) is 1.66. The van der Waals surface area contributed by atoms with Crippen LogP contribution in [0.5, 0.6) is 11.5 Å². The zero-order valence-electron chi connectivity index (χ0n) is 12.6. The number of alkyl halides is 1. The third kappa shape index (κ3) is 7.13. The van der Waals surface area contributed by atoms with Gasteiger partial charge in [0.15, 0.2) is 11.5 Å². The molecule has 1 rings (SSSR count). The Morgan fingerprint density at radius 3 is 2.19 bits per heavy atom. The van der Waals surface area contributed by atoms with E-state index in [1.54, 1.807) is 14.2 Å². The second-order valence-electron chi connectivity index (χ2n) is 4.15. The van der Waals surface area contributed by atoms with E-state index in [2.05, 4.69) is 15.9 Å². The Labute approximate surface area is 134 Å². The third-order valence-electron chi connectivity index (χ3n) is 2.70. The number of hydrogen-bond acceptors (Lipinski definition) is 5. The van der Waals surface area contributed by atoms with Gasteiger partial charge in [-0.2, -0.15) is 0 Å². The molecule has 5 nitrogen and oxygen atoms in total. The minimum atomic E-state index is 0.471. The quantitative estimate of drug-likeness (QED) is 0.422. The maximum absolute atomic E-state index is 5.75. The van der Waals surface area contributed by atoms with Crippen LogP contribution in [0.1, 0.15) is 5.56 Å². The smallest absolute Gasteiger partial charge is 0.165 e. The summed E-state index contributed by atoms with van der Waals surface area (Å²) in [6, 6.07) is 5.82. The van der Waals surface area contributed by atoms with Crippen molar-refractivity contribution in [2.24, 2.45) is 0 Å². The predicted octanol–water partition coefficient (Wildman–Crippen LogP) is 2.65. The van der Waals surface area contributed by atoms with Crippen LogP contribution < -0.4 is 9.47 Å². The molecule has 0 fully saturated rings. The van der Waals surface area contributed by atoms with Crippen molar-refractivity contribution in [1.29, 1.82) is 0 Å². The van der Waals surface area contributed by atoms with Gasteiger partial charge < -0.3 is 23.7 Å². The van der Waals surface area contributed by atoms with Gasteiger partial charge in [0.1, 0.15) is 6.61 Å². The molecule has 1 aromatic rings. The predicted molar refractivity (Wildman–Crippen MR) is 84.6 cm³/mol. The highest BCUT2D eigenvalue weighted by molar-refractivity contribution is 9.08. The molecule has 0 spiro atoms. The Morgan fingerprint density at radius 1 is 0.905 bits per heavy atom. The fourth-order valence-corrected chi connectivity index (χ4v) is 2.10. The first-order chi connectivity index (χ1) is 10.3. The lowest BCUT2D eigenvalue weighted by atomic mass is 10.2. The van der Waals surface area contributed by atoms with Gasteiger partial charge in [0.2, 0.25) is 0 Å². The van der Waals surface area contributed by atoms with Gasteiger partial charge >= 0.3 is 0 Å². The van der Waals surface area contributed by atoms with Crippen LogP contribution in [0, 0.1) is 0 Å². The molecule has 0 saturated heterocycles. The average molecular weight is 363 g/mol. The van der Waals surface area contributed by atoms with E-state index in [4.69, 9.17) is 23.7 Å². The maximum atomic E-state index is 5.75. The monoisotopic (exact) mass is 362 g/mol. The van der Waals surface area contributed by atoms with Crippen LogP contribution in [-0.4, -0.2) is 53.9 Å². The summed E-state index contributed by atoms with van der Waals surface area (Å²) in [5, 5.41) is 0.716. The van der Waals surface area contributed by atoms with Gasteiger partial charge in [-0.25, -0.2) is 0 Å². The highest BCUT2D eigenvalue weighted by Gasteiger charge is 2.09. The molecule has 21 heavy (non-hydrogen) atoms. The fraction of sp³-hybridized carbons (Fsp3) is 0.600. The highest BCUT2D eigenvalue weighted by Crippen LogP contribution is 2.32. The van der Waals surface area contributed by atoms with Crippen molar-refractivity contribution in [2.75, 3.05) is 53.9 Å². The molecular formula is C15H23BrO5. The first-order valence-electron chi connectivity index (χ1n) is 6.82. The normalized spacial score (nSPS) is 10.6. The summed E-state index contributed by atoms with van der Waals surface area (Å²) in [5.41, 5.74) is 1.05. The van der Waals surface area contributed by atoms with Gasteiger partial charge in [0.05, 0.1) is 40.1 Å². The van der Waals surface area contributed by atoms with Crippen molar-refractivity contribution in [3.05, 3.63) is 23.8 Å². The first kappa shape index (κ1) is 18.2. The Bertz CT molecular complexity index is 364. The molecule has 0 aliphatic heterocycles. The summed E-state index contributed by atoms with van der Waals surface area (Å²) in [5.74, 6) is 1.49. The summed E-state index contributed by atoms with van der Waals surface area (Å²) in [7, 11) is 3.28. The molecule has 0 atom stereocenters. The summed E-state index contributed by atoms with van der Waals surface area (Å²) in [6.45, 7) is 3.28. The Hall–Kier alpha value is -0.820. The highest BCUT2D eigenvalue weighted by atomic mass is 79.9. The van der Waals surface area contributed by atoms with Crippen LogP contribution in [0.25, 0.3) is 0 Å². The van der Waals surface area contributed by atoms with E-state index in [9.17, 15) is 0 Å². The molecule has 0 aromatic heterocycles. The lowest BCUT2D eigenvalue weighted by molar-refractivity contribution is 0.0177. The van der Waals surface area contributed by atoms with Crippen LogP contribution >= 0.6 is 15.9 Å². The zero-order valence-corrected chi connectivity index (χ0v) is 14.2. The van der Waals surface area contributed by atoms with Crippen LogP contribution in [0.3, 0.4) is 0 Å². The SMILES string of the molecule is COCCOCCOCCOc1c(CBr)cccc1OC. The number of para-hydroxylation sites is 1. The Kier molecular flexibility index (Phi) is 10.2. The lowest BCUT2D eigenvalue weighted by Gasteiger charge is -2.14. The van der Waals surface area contributed by atoms with E-state index < -0.39 is 0 Å². The van der Waals surface area contributed by atoms with Crippen molar-refractivity contribution < 1.29 is 23.7 Å². The van der Waals surface area contributed by atoms with E-state index in [1.807, 2.05) is 18.2 Å². The minimum absolute atomic E-state index is 0.471. The number of halogens is 1. The first-order valence-corrected chi connectivity index (χ1v) is 7.94. The Morgan fingerprint density at radius 2 is 1.57 bits per heavy atom. The molecule has 6 heteroatoms. The van der Waals surface area contributed by atoms with E-state index >= 15 is 0 Å². The summed E-state index contributed by atoms with van der Waals surface area (Å²) >= 11 is 3.44. The number of benzene rings is 1. The van der Waals surface area contributed by atoms with Crippen molar-refractivity contribution in [2.45, 2.75) is 5.33 Å². The molecule has 120 valence electrons. The second kappa shape index (κ2) is 11.8. The van der Waals surface area contributed by atoms with Crippen molar-refractivity contribution in [3.63, 3.8) is 0 Å². The average Bonchev–Trinajstić information content (AvgIpc) is 2.53. The molecule has 0 unspecified atom stereocenters. The molecule has 1 aromatic carbocycles. The van der Waals surface area contributed by atoms with Gasteiger partial charge in [0, 0.05) is 18.0 Å². The molecule has 0 heterocycles. The molecular weight excluding hydrogens is 340 g/mol. The van der Waals surface area contributed by atoms with E-state index in [0.29, 0.717) is 45.0 Å². The molecule has 0 saturated carbocycles. The number of hydrogen-bond donors (Lipinski definition) is 0. The van der Waals surface area contributed by atoms with Crippen LogP contribution in [0.4, 0.5) is 0 Å². The van der Waals surface area contributed by atoms with Gasteiger partial charge in [-0.05, 0) is 6.07 Å². The Balaban J connectivity index is 2.20. The standard InChI is InChI=1S/C15H23BrO5/c1-17-6-7-19-8-9-20-10-11-21-15-13(12-16)4-3-5-14(15)18-2/h3-5H,6-12H2,1-2H3. The topological polar surface area (TPSA) is 46.2 Å². The van der Waals surface area contributed by atoms with Gasteiger partial charge in [-0.15, -0.1) is 0 Å². The van der Waals surface area contributed by atoms with E-state index in [1.165, 1.54) is 0 Å². The van der Waals surface area contributed by atoms with Crippen LogP contribution in [0.2, 0.25) is 0 Å². The number of methoxy groups -OCH3 is 2. The second-order valence-corrected chi connectivity index (χ2v) is 4.71. The van der Waals surface area contributed by atoms with Crippen molar-refractivity contribution >= 4 is 15.9 Å². The van der Waals surface area contributed by atoms with Crippen molar-refractivity contribution in [1.82, 2.24) is 0 Å². The van der Waals surface area contributed by atoms with Crippen LogP contribution in [-0.2, 0) is 19.5 Å². The van der Waals surface area contributed by atoms with Gasteiger partial charge in [-0.1, -0.05) is 28.1 Å². The van der Waals surface area contributed by atoms with E-state index in [0.717, 1.165) is 17.1 Å². The summed E-state index contributed by atoms with van der Waals surface area (Å²) in [6.07, 6.45) is 0. The molecule has 0 amide bonds. The number of ether oxygens (including phenoxy) is 5. The third-order valence-corrected chi connectivity index (χ3v) is 3.31. The van der Waals surface area contributed by atoms with E-state index in [-0.39, 0.29) is 0 Å². The van der Waals surface area contributed by atoms with Crippen molar-refractivity contribution in [3.8, 4) is 11.5 Å². The molecule has 0 aliphatic rings. The van der Waals surface area contributed by atoms with Gasteiger partial charge in [-0.3, -0.25) is 0 Å². The van der Waals surface area contributed by atoms with Gasteiger partial charge in [0.25, 0.3) is 0 Å². The molecule has 0 N–H and O–H groups in total. The van der Waals surface area contributed by atoms with Crippen LogP contribution in [0.15, 0.2) is 18.2 Å². The largest absolute Gasteiger partial charge is 0.493 e. The maximum Gasteiger partial charge on any atom is 0.165 e. The lowest BCUT2D eigenvalue weighted by Crippen LogP contribution is -2.13.